The van der Waals surface area contributed by atoms with E-state index in [2.05, 4.69) is 13.8 Å². The van der Waals surface area contributed by atoms with Crippen LogP contribution in [0.3, 0.4) is 0 Å². The average Bonchev–Trinajstić information content (AvgIpc) is 2.23. The summed E-state index contributed by atoms with van der Waals surface area (Å²) in [6.45, 7) is 10.3. The van der Waals surface area contributed by atoms with Crippen molar-refractivity contribution in [2.24, 2.45) is 5.41 Å². The van der Waals surface area contributed by atoms with E-state index in [4.69, 9.17) is 9.05 Å². The van der Waals surface area contributed by atoms with E-state index in [1.165, 1.54) is 0 Å². The molecule has 110 valence electrons. The fraction of sp³-hybridized carbons (Fsp3) is 0.769. The Bertz CT molecular complexity index is 407. The molecule has 1 aliphatic carbocycles. The van der Waals surface area contributed by atoms with Gasteiger partial charge in [0.05, 0.1) is 0 Å². The Balaban J connectivity index is 2.95. The molecule has 6 heteroatoms. The van der Waals surface area contributed by atoms with E-state index in [0.717, 1.165) is 12.0 Å². The van der Waals surface area contributed by atoms with Gasteiger partial charge in [-0.2, -0.15) is 0 Å². The van der Waals surface area contributed by atoms with E-state index in [-0.39, 0.29) is 16.0 Å². The van der Waals surface area contributed by atoms with Crippen molar-refractivity contribution in [3.63, 3.8) is 0 Å². The van der Waals surface area contributed by atoms with Crippen LogP contribution in [-0.2, 0) is 18.4 Å². The molecule has 19 heavy (non-hydrogen) atoms. The second-order valence-corrected chi connectivity index (χ2v) is 12.1. The minimum absolute atomic E-state index is 0.0633. The summed E-state index contributed by atoms with van der Waals surface area (Å²) >= 11 is -0.489. The Morgan fingerprint density at radius 3 is 2.32 bits per heavy atom. The molecular weight excluding hydrogens is 330 g/mol. The van der Waals surface area contributed by atoms with Gasteiger partial charge in [0.15, 0.2) is 0 Å². The van der Waals surface area contributed by atoms with Gasteiger partial charge in [-0.25, -0.2) is 0 Å². The summed E-state index contributed by atoms with van der Waals surface area (Å²) in [5.74, 6) is 0.0633. The summed E-state index contributed by atoms with van der Waals surface area (Å²) in [5.41, 5.74) is 0.907. The summed E-state index contributed by atoms with van der Waals surface area (Å²) < 4.78 is 23.3. The third kappa shape index (κ3) is 4.54. The first-order valence-corrected chi connectivity index (χ1v) is 11.3. The molecule has 1 unspecified atom stereocenters. The third-order valence-electron chi connectivity index (χ3n) is 2.90. The molecule has 0 spiro atoms. The number of hydrogen-bond acceptors (Lipinski definition) is 4. The van der Waals surface area contributed by atoms with Crippen molar-refractivity contribution in [2.45, 2.75) is 45.9 Å². The second-order valence-electron chi connectivity index (χ2n) is 5.33. The van der Waals surface area contributed by atoms with Gasteiger partial charge in [-0.15, -0.1) is 0 Å². The third-order valence-corrected chi connectivity index (χ3v) is 10.6. The molecular formula is C13H23O4PSe. The van der Waals surface area contributed by atoms with Crippen LogP contribution in [-0.4, -0.2) is 33.5 Å². The van der Waals surface area contributed by atoms with Crippen LogP contribution in [0.5, 0.6) is 0 Å². The van der Waals surface area contributed by atoms with Crippen LogP contribution in [0.25, 0.3) is 0 Å². The van der Waals surface area contributed by atoms with Crippen molar-refractivity contribution < 1.29 is 18.4 Å². The maximum absolute atomic E-state index is 12.6. The predicted octanol–water partition coefficient (Wildman–Crippen LogP) is 3.61. The molecule has 0 aromatic rings. The summed E-state index contributed by atoms with van der Waals surface area (Å²) in [6, 6.07) is 0. The van der Waals surface area contributed by atoms with Crippen molar-refractivity contribution in [3.05, 3.63) is 11.6 Å². The molecule has 0 bridgehead atoms. The van der Waals surface area contributed by atoms with Gasteiger partial charge in [0, 0.05) is 0 Å². The zero-order valence-electron chi connectivity index (χ0n) is 12.3. The van der Waals surface area contributed by atoms with Gasteiger partial charge in [0.25, 0.3) is 0 Å². The summed E-state index contributed by atoms with van der Waals surface area (Å²) in [7, 11) is 0. The van der Waals surface area contributed by atoms with Gasteiger partial charge in [0.2, 0.25) is 0 Å². The van der Waals surface area contributed by atoms with Crippen LogP contribution >= 0.6 is 6.29 Å². The van der Waals surface area contributed by atoms with Crippen LogP contribution < -0.4 is 0 Å². The molecule has 0 fully saturated rings. The van der Waals surface area contributed by atoms with E-state index in [1.54, 1.807) is 19.9 Å². The molecule has 1 atom stereocenters. The van der Waals surface area contributed by atoms with E-state index in [0.29, 0.717) is 13.2 Å². The number of allylic oxidation sites excluding steroid dienone is 2. The van der Waals surface area contributed by atoms with Crippen LogP contribution in [0.15, 0.2) is 11.6 Å². The SMILES string of the molecule is CCOP(=O)(OCC)[Se]C1C(=O)C=C(C)CC1(C)C. The summed E-state index contributed by atoms with van der Waals surface area (Å²) in [6.07, 6.45) is -0.581. The monoisotopic (exact) mass is 354 g/mol. The number of carbonyl (C=O) groups is 1. The molecule has 0 radical (unpaired) electrons. The Labute approximate surface area is 121 Å². The van der Waals surface area contributed by atoms with Gasteiger partial charge < -0.3 is 0 Å². The standard InChI is InChI=1S/C13H23O4PSe/c1-6-16-18(15,17-7-2)19-12-11(14)8-10(3)9-13(12,4)5/h8,12H,6-7,9H2,1-5H3. The molecule has 0 aliphatic heterocycles. The van der Waals surface area contributed by atoms with Crippen LogP contribution in [0.2, 0.25) is 4.82 Å². The Morgan fingerprint density at radius 1 is 1.37 bits per heavy atom. The van der Waals surface area contributed by atoms with Crippen LogP contribution in [0.1, 0.15) is 41.0 Å². The van der Waals surface area contributed by atoms with Gasteiger partial charge in [-0.1, -0.05) is 0 Å². The van der Waals surface area contributed by atoms with Gasteiger partial charge in [0.1, 0.15) is 0 Å². The number of hydrogen-bond donors (Lipinski definition) is 0. The molecule has 1 aliphatic rings. The van der Waals surface area contributed by atoms with Crippen molar-refractivity contribution in [3.8, 4) is 0 Å². The molecule has 0 N–H and O–H groups in total. The molecule has 0 heterocycles. The Kier molecular flexibility index (Phi) is 6.03. The van der Waals surface area contributed by atoms with Gasteiger partial charge >= 0.3 is 121 Å². The second kappa shape index (κ2) is 6.69. The summed E-state index contributed by atoms with van der Waals surface area (Å²) in [4.78, 5) is 12.0. The average molecular weight is 353 g/mol. The molecule has 1 rings (SSSR count). The van der Waals surface area contributed by atoms with Crippen molar-refractivity contribution in [2.75, 3.05) is 13.2 Å². The van der Waals surface area contributed by atoms with Gasteiger partial charge in [-0.3, -0.25) is 0 Å². The first-order chi connectivity index (χ1) is 8.74. The zero-order chi connectivity index (χ0) is 14.7. The molecule has 0 saturated carbocycles. The van der Waals surface area contributed by atoms with Crippen LogP contribution in [0, 0.1) is 5.41 Å². The topological polar surface area (TPSA) is 52.6 Å². The Hall–Kier alpha value is 0.0795. The fourth-order valence-electron chi connectivity index (χ4n) is 2.30. The van der Waals surface area contributed by atoms with E-state index < -0.39 is 20.8 Å². The zero-order valence-corrected chi connectivity index (χ0v) is 14.9. The van der Waals surface area contributed by atoms with Crippen LogP contribution in [0.4, 0.5) is 0 Å². The first kappa shape index (κ1) is 17.1. The molecule has 0 saturated heterocycles. The van der Waals surface area contributed by atoms with E-state index in [1.807, 2.05) is 6.92 Å². The van der Waals surface area contributed by atoms with Crippen molar-refractivity contribution >= 4 is 26.6 Å². The number of ketones is 1. The van der Waals surface area contributed by atoms with E-state index in [9.17, 15) is 9.36 Å². The number of rotatable bonds is 6. The van der Waals surface area contributed by atoms with Gasteiger partial charge in [-0.05, 0) is 0 Å². The first-order valence-electron chi connectivity index (χ1n) is 6.52. The maximum atomic E-state index is 12.6. The summed E-state index contributed by atoms with van der Waals surface area (Å²) in [5, 5.41) is 0. The van der Waals surface area contributed by atoms with Crippen molar-refractivity contribution in [1.82, 2.24) is 0 Å². The van der Waals surface area contributed by atoms with E-state index >= 15 is 0 Å². The normalized spacial score (nSPS) is 23.3. The van der Waals surface area contributed by atoms with Crippen molar-refractivity contribution in [1.29, 1.82) is 0 Å². The minimum atomic E-state index is -3.11. The Morgan fingerprint density at radius 2 is 1.89 bits per heavy atom. The fourth-order valence-corrected chi connectivity index (χ4v) is 10.3. The molecule has 4 nitrogen and oxygen atoms in total. The molecule has 0 aromatic carbocycles. The number of carbonyl (C=O) groups excluding carboxylic acids is 1. The molecule has 0 amide bonds. The quantitative estimate of drug-likeness (QED) is 0.541. The molecule has 0 aromatic heterocycles. The predicted molar refractivity (Wildman–Crippen MR) is 77.5 cm³/mol.